The van der Waals surface area contributed by atoms with Crippen LogP contribution in [0.15, 0.2) is 91.4 Å². The molecule has 17 heteroatoms. The van der Waals surface area contributed by atoms with E-state index in [2.05, 4.69) is 25.6 Å². The zero-order valence-electron chi connectivity index (χ0n) is 36.2. The molecular formula is C47H52N10O7. The molecule has 4 amide bonds. The molecule has 0 unspecified atom stereocenters. The summed E-state index contributed by atoms with van der Waals surface area (Å²) in [6.07, 6.45) is 7.04. The number of carbonyl (C=O) groups excluding carboxylic acids is 4. The number of likely N-dealkylation sites (tertiary alicyclic amines) is 2. The van der Waals surface area contributed by atoms with E-state index < -0.39 is 24.3 Å². The van der Waals surface area contributed by atoms with E-state index in [1.165, 1.54) is 14.2 Å². The van der Waals surface area contributed by atoms with Crippen LogP contribution in [-0.4, -0.2) is 110 Å². The number of nitrogens with one attached hydrogen (secondary N) is 4. The van der Waals surface area contributed by atoms with Gasteiger partial charge in [0.15, 0.2) is 0 Å². The Kier molecular flexibility index (Phi) is 13.3. The Bertz CT molecular complexity index is 2600. The minimum atomic E-state index is -0.936. The summed E-state index contributed by atoms with van der Waals surface area (Å²) in [6, 6.07) is 21.3. The van der Waals surface area contributed by atoms with Crippen LogP contribution in [0, 0.1) is 5.92 Å². The van der Waals surface area contributed by atoms with Gasteiger partial charge < -0.3 is 44.6 Å². The van der Waals surface area contributed by atoms with Crippen molar-refractivity contribution in [2.75, 3.05) is 33.9 Å². The number of alkyl carbamates (subject to hydrolysis) is 2. The first-order chi connectivity index (χ1) is 31.1. The minimum Gasteiger partial charge on any atom is -0.453 e. The number of rotatable bonds is 14. The second-order valence-corrected chi connectivity index (χ2v) is 16.3. The molecule has 6 aromatic rings. The molecule has 3 aromatic heterocycles. The summed E-state index contributed by atoms with van der Waals surface area (Å²) < 4.78 is 15.4. The monoisotopic (exact) mass is 868 g/mol. The van der Waals surface area contributed by atoms with Crippen LogP contribution in [0.2, 0.25) is 0 Å². The first kappa shape index (κ1) is 43.5. The van der Waals surface area contributed by atoms with Crippen molar-refractivity contribution in [2.24, 2.45) is 5.92 Å². The third kappa shape index (κ3) is 9.58. The Morgan fingerprint density at radius 3 is 1.94 bits per heavy atom. The van der Waals surface area contributed by atoms with Gasteiger partial charge in [-0.2, -0.15) is 0 Å². The van der Waals surface area contributed by atoms with Gasteiger partial charge in [-0.15, -0.1) is 0 Å². The standard InChI is InChI=1S/C47H52N10O7/c1-28(2)41(55-47(61)63-4)45(59)57-21-9-13-40(57)43-49-24-36(52-43)31-16-14-30(15-17-31)35-23-48-34-22-32(18-19-33(34)51-35)37-25-50-42(53-37)39-12-8-20-56(39)44(58)38(54-46(60)62-3)27-64-26-29-10-6-5-7-11-29/h5-7,10-11,14-19,22-25,28,38-41H,8-9,12-13,20-21,26-27H2,1-4H3,(H,49,52)(H,50,53)(H,54,60)(H,55,61)/t38-,39-,40-,41-/m0/s1. The molecule has 0 aliphatic carbocycles. The lowest BCUT2D eigenvalue weighted by atomic mass is 10.0. The topological polar surface area (TPSA) is 210 Å². The molecule has 4 atom stereocenters. The molecule has 64 heavy (non-hydrogen) atoms. The average molecular weight is 869 g/mol. The van der Waals surface area contributed by atoms with E-state index in [9.17, 15) is 19.2 Å². The Balaban J connectivity index is 0.919. The molecular weight excluding hydrogens is 817 g/mol. The number of fused-ring (bicyclic) bond motifs is 1. The quantitative estimate of drug-likeness (QED) is 0.0903. The van der Waals surface area contributed by atoms with Crippen LogP contribution in [-0.2, 0) is 30.4 Å². The molecule has 0 radical (unpaired) electrons. The maximum atomic E-state index is 13.9. The number of hydrogen-bond donors (Lipinski definition) is 4. The molecule has 0 bridgehead atoms. The minimum absolute atomic E-state index is 0.0159. The number of benzene rings is 3. The molecule has 2 aliphatic heterocycles. The smallest absolute Gasteiger partial charge is 0.407 e. The lowest BCUT2D eigenvalue weighted by Crippen LogP contribution is -2.51. The molecule has 0 spiro atoms. The van der Waals surface area contributed by atoms with Gasteiger partial charge in [-0.05, 0) is 54.9 Å². The highest BCUT2D eigenvalue weighted by atomic mass is 16.5. The fraction of sp³-hybridized carbons (Fsp3) is 0.362. The van der Waals surface area contributed by atoms with Gasteiger partial charge in [0, 0.05) is 24.2 Å². The number of aromatic amines is 2. The summed E-state index contributed by atoms with van der Waals surface area (Å²) >= 11 is 0. The van der Waals surface area contributed by atoms with Gasteiger partial charge in [-0.1, -0.05) is 74.5 Å². The van der Waals surface area contributed by atoms with E-state index in [-0.39, 0.29) is 36.4 Å². The Hall–Kier alpha value is -7.14. The van der Waals surface area contributed by atoms with Crippen LogP contribution >= 0.6 is 0 Å². The first-order valence-corrected chi connectivity index (χ1v) is 21.5. The number of methoxy groups -OCH3 is 2. The number of imidazole rings is 2. The molecule has 332 valence electrons. The predicted molar refractivity (Wildman–Crippen MR) is 237 cm³/mol. The number of ether oxygens (including phenoxy) is 3. The van der Waals surface area contributed by atoms with Gasteiger partial charge in [0.05, 0.1) is 86.2 Å². The second-order valence-electron chi connectivity index (χ2n) is 16.3. The summed E-state index contributed by atoms with van der Waals surface area (Å²) in [5.74, 6) is 0.810. The van der Waals surface area contributed by atoms with E-state index in [4.69, 9.17) is 29.2 Å². The van der Waals surface area contributed by atoms with Crippen molar-refractivity contribution in [1.82, 2.24) is 50.3 Å². The third-order valence-electron chi connectivity index (χ3n) is 11.8. The SMILES string of the molecule is COC(=O)N[C@@H](COCc1ccccc1)C(=O)N1CCC[C@H]1c1ncc(-c2ccc3nc(-c4ccc(-c5cnc([C@@H]6CCCN6C(=O)[C@@H](NC(=O)OC)C(C)C)[nH]5)cc4)cnc3c2)[nH]1. The van der Waals surface area contributed by atoms with Gasteiger partial charge in [0.2, 0.25) is 11.8 Å². The summed E-state index contributed by atoms with van der Waals surface area (Å²) in [6.45, 7) is 5.16. The normalized spacial score (nSPS) is 17.1. The predicted octanol–water partition coefficient (Wildman–Crippen LogP) is 6.73. The largest absolute Gasteiger partial charge is 0.453 e. The number of nitrogens with zero attached hydrogens (tertiary/aromatic N) is 6. The molecule has 2 saturated heterocycles. The van der Waals surface area contributed by atoms with E-state index in [1.807, 2.05) is 86.6 Å². The lowest BCUT2D eigenvalue weighted by Gasteiger charge is -2.30. The van der Waals surface area contributed by atoms with Crippen molar-refractivity contribution >= 4 is 35.0 Å². The zero-order chi connectivity index (χ0) is 44.7. The van der Waals surface area contributed by atoms with E-state index in [1.54, 1.807) is 28.4 Å². The summed E-state index contributed by atoms with van der Waals surface area (Å²) in [5, 5.41) is 5.34. The molecule has 3 aromatic carbocycles. The number of amides is 4. The highest BCUT2D eigenvalue weighted by Gasteiger charge is 2.38. The van der Waals surface area contributed by atoms with Crippen molar-refractivity contribution in [3.05, 3.63) is 109 Å². The fourth-order valence-corrected chi connectivity index (χ4v) is 8.40. The fourth-order valence-electron chi connectivity index (χ4n) is 8.40. The Morgan fingerprint density at radius 1 is 0.703 bits per heavy atom. The Labute approximate surface area is 370 Å². The summed E-state index contributed by atoms with van der Waals surface area (Å²) in [5.41, 5.74) is 7.41. The molecule has 2 fully saturated rings. The molecule has 2 aliphatic rings. The van der Waals surface area contributed by atoms with Gasteiger partial charge in [0.25, 0.3) is 0 Å². The highest BCUT2D eigenvalue weighted by molar-refractivity contribution is 5.87. The molecule has 0 saturated carbocycles. The maximum Gasteiger partial charge on any atom is 0.407 e. The maximum absolute atomic E-state index is 13.9. The molecule has 8 rings (SSSR count). The molecule has 17 nitrogen and oxygen atoms in total. The van der Waals surface area contributed by atoms with Crippen LogP contribution in [0.5, 0.6) is 0 Å². The average Bonchev–Trinajstić information content (AvgIpc) is 4.17. The van der Waals surface area contributed by atoms with E-state index in [0.29, 0.717) is 43.3 Å². The summed E-state index contributed by atoms with van der Waals surface area (Å²) in [4.78, 5) is 81.1. The van der Waals surface area contributed by atoms with Crippen molar-refractivity contribution in [3.8, 4) is 33.8 Å². The van der Waals surface area contributed by atoms with E-state index >= 15 is 0 Å². The van der Waals surface area contributed by atoms with Crippen molar-refractivity contribution in [3.63, 3.8) is 0 Å². The number of H-pyrrole nitrogens is 2. The van der Waals surface area contributed by atoms with E-state index in [0.717, 1.165) is 64.1 Å². The van der Waals surface area contributed by atoms with Crippen LogP contribution in [0.1, 0.15) is 68.8 Å². The molecule has 4 N–H and O–H groups in total. The van der Waals surface area contributed by atoms with Gasteiger partial charge >= 0.3 is 12.2 Å². The van der Waals surface area contributed by atoms with Crippen LogP contribution in [0.25, 0.3) is 44.8 Å². The molecule has 5 heterocycles. The third-order valence-corrected chi connectivity index (χ3v) is 11.8. The van der Waals surface area contributed by atoms with Crippen LogP contribution in [0.4, 0.5) is 9.59 Å². The summed E-state index contributed by atoms with van der Waals surface area (Å²) in [7, 11) is 2.54. The highest BCUT2D eigenvalue weighted by Crippen LogP contribution is 2.35. The van der Waals surface area contributed by atoms with Crippen molar-refractivity contribution < 1.29 is 33.4 Å². The van der Waals surface area contributed by atoms with Crippen molar-refractivity contribution in [2.45, 2.75) is 70.3 Å². The van der Waals surface area contributed by atoms with Crippen LogP contribution in [0.3, 0.4) is 0 Å². The number of carbonyl (C=O) groups is 4. The Morgan fingerprint density at radius 2 is 1.30 bits per heavy atom. The lowest BCUT2D eigenvalue weighted by molar-refractivity contribution is -0.136. The van der Waals surface area contributed by atoms with Gasteiger partial charge in [0.1, 0.15) is 23.7 Å². The van der Waals surface area contributed by atoms with Gasteiger partial charge in [-0.25, -0.2) is 24.5 Å². The first-order valence-electron chi connectivity index (χ1n) is 21.5. The number of hydrogen-bond acceptors (Lipinski definition) is 11. The van der Waals surface area contributed by atoms with Crippen molar-refractivity contribution in [1.29, 1.82) is 0 Å². The zero-order valence-corrected chi connectivity index (χ0v) is 36.2. The number of aromatic nitrogens is 6. The van der Waals surface area contributed by atoms with Gasteiger partial charge in [-0.3, -0.25) is 14.6 Å². The van der Waals surface area contributed by atoms with Crippen LogP contribution < -0.4 is 10.6 Å². The second kappa shape index (κ2) is 19.5.